The third-order valence-electron chi connectivity index (χ3n) is 6.06. The summed E-state index contributed by atoms with van der Waals surface area (Å²) in [5, 5.41) is 1.29. The maximum absolute atomic E-state index is 4.63. The van der Waals surface area contributed by atoms with Crippen molar-refractivity contribution >= 4 is 16.5 Å². The highest BCUT2D eigenvalue weighted by molar-refractivity contribution is 5.87. The molecule has 0 N–H and O–H groups in total. The van der Waals surface area contributed by atoms with Crippen LogP contribution in [-0.4, -0.2) is 0 Å². The van der Waals surface area contributed by atoms with Crippen LogP contribution in [0.4, 0.5) is 0 Å². The minimum absolute atomic E-state index is 0.0663. The van der Waals surface area contributed by atoms with Gasteiger partial charge in [0.25, 0.3) is 0 Å². The summed E-state index contributed by atoms with van der Waals surface area (Å²) in [6.07, 6.45) is 2.08. The molecule has 0 radical (unpaired) electrons. The molecule has 0 unspecified atom stereocenters. The largest absolute Gasteiger partial charge is 0.214 e. The fourth-order valence-corrected chi connectivity index (χ4v) is 4.81. The van der Waals surface area contributed by atoms with Gasteiger partial charge in [-0.3, -0.25) is 0 Å². The molecule has 2 heterocycles. The molecule has 3 aromatic rings. The minimum Gasteiger partial charge on any atom is -0.182 e. The van der Waals surface area contributed by atoms with Gasteiger partial charge in [-0.2, -0.15) is 4.57 Å². The number of para-hydroxylation sites is 1. The zero-order chi connectivity index (χ0) is 17.8. The van der Waals surface area contributed by atoms with Crippen molar-refractivity contribution in [1.82, 2.24) is 0 Å². The normalized spacial score (nSPS) is 15.1. The number of benzene rings is 2. The molecule has 1 nitrogen and oxygen atoms in total. The minimum atomic E-state index is -0.0663. The molecule has 1 aliphatic rings. The first-order valence-electron chi connectivity index (χ1n) is 9.29. The summed E-state index contributed by atoms with van der Waals surface area (Å²) in [6, 6.07) is 17.9. The van der Waals surface area contributed by atoms with Gasteiger partial charge in [-0.1, -0.05) is 38.6 Å². The number of nitrogens with zero attached hydrogens (tertiary/aromatic N) is 1. The Balaban J connectivity index is 2.23. The van der Waals surface area contributed by atoms with Crippen LogP contribution in [0.3, 0.4) is 0 Å². The summed E-state index contributed by atoms with van der Waals surface area (Å²) in [6.45, 7) is 13.6. The second-order valence-electron chi connectivity index (χ2n) is 7.33. The third-order valence-corrected chi connectivity index (χ3v) is 6.06. The summed E-state index contributed by atoms with van der Waals surface area (Å²) < 4.78 is 2.56. The molecule has 2 aromatic carbocycles. The van der Waals surface area contributed by atoms with E-state index >= 15 is 0 Å². The molecule has 0 spiro atoms. The zero-order valence-corrected chi connectivity index (χ0v) is 15.7. The standard InChI is InChI=1S/C24H26N/c1-6-24(7-2)18(5)23-17(4)14-16(3)15-20(23)22-13-12-19-10-8-9-11-21(19)25(22)24/h8-15H,5-7H2,1-4H3/q+1. The number of fused-ring (bicyclic) bond motifs is 5. The molecule has 0 saturated carbocycles. The van der Waals surface area contributed by atoms with Gasteiger partial charge in [0.1, 0.15) is 0 Å². The first kappa shape index (κ1) is 16.1. The van der Waals surface area contributed by atoms with Crippen LogP contribution in [0.5, 0.6) is 0 Å². The van der Waals surface area contributed by atoms with Crippen LogP contribution >= 0.6 is 0 Å². The molecule has 0 saturated heterocycles. The molecule has 4 rings (SSSR count). The molecule has 25 heavy (non-hydrogen) atoms. The molecular weight excluding hydrogens is 302 g/mol. The molecule has 0 fully saturated rings. The summed E-state index contributed by atoms with van der Waals surface area (Å²) in [7, 11) is 0. The maximum atomic E-state index is 4.63. The third kappa shape index (κ3) is 2.05. The van der Waals surface area contributed by atoms with Crippen LogP contribution in [0.25, 0.3) is 27.7 Å². The van der Waals surface area contributed by atoms with Gasteiger partial charge < -0.3 is 0 Å². The van der Waals surface area contributed by atoms with Gasteiger partial charge in [0.05, 0.1) is 5.56 Å². The molecule has 126 valence electrons. The maximum Gasteiger partial charge on any atom is 0.214 e. The van der Waals surface area contributed by atoms with Gasteiger partial charge in [0, 0.05) is 41.5 Å². The van der Waals surface area contributed by atoms with Crippen molar-refractivity contribution in [2.75, 3.05) is 0 Å². The molecule has 1 aliphatic heterocycles. The summed E-state index contributed by atoms with van der Waals surface area (Å²) in [4.78, 5) is 0. The monoisotopic (exact) mass is 328 g/mol. The predicted octanol–water partition coefficient (Wildman–Crippen LogP) is 5.95. The Kier molecular flexibility index (Phi) is 3.57. The second-order valence-corrected chi connectivity index (χ2v) is 7.33. The number of pyridine rings is 1. The van der Waals surface area contributed by atoms with Crippen molar-refractivity contribution < 1.29 is 4.57 Å². The second kappa shape index (κ2) is 5.56. The highest BCUT2D eigenvalue weighted by Gasteiger charge is 2.48. The molecule has 1 heteroatoms. The molecule has 0 amide bonds. The topological polar surface area (TPSA) is 3.88 Å². The number of aromatic nitrogens is 1. The smallest absolute Gasteiger partial charge is 0.182 e. The first-order chi connectivity index (χ1) is 12.0. The van der Waals surface area contributed by atoms with Gasteiger partial charge in [-0.25, -0.2) is 0 Å². The number of aryl methyl sites for hydroxylation is 2. The molecule has 0 atom stereocenters. The average molecular weight is 328 g/mol. The lowest BCUT2D eigenvalue weighted by molar-refractivity contribution is -0.718. The summed E-state index contributed by atoms with van der Waals surface area (Å²) in [5.41, 5.74) is 9.14. The Morgan fingerprint density at radius 2 is 1.68 bits per heavy atom. The zero-order valence-electron chi connectivity index (χ0n) is 15.7. The average Bonchev–Trinajstić information content (AvgIpc) is 2.62. The van der Waals surface area contributed by atoms with Gasteiger partial charge in [-0.05, 0) is 43.2 Å². The lowest BCUT2D eigenvalue weighted by Crippen LogP contribution is -2.59. The molecule has 0 aliphatic carbocycles. The van der Waals surface area contributed by atoms with Crippen molar-refractivity contribution in [3.8, 4) is 11.3 Å². The highest BCUT2D eigenvalue weighted by Crippen LogP contribution is 2.46. The van der Waals surface area contributed by atoms with Crippen LogP contribution < -0.4 is 4.57 Å². The molecule has 1 aromatic heterocycles. The van der Waals surface area contributed by atoms with E-state index < -0.39 is 0 Å². The van der Waals surface area contributed by atoms with E-state index in [4.69, 9.17) is 0 Å². The lowest BCUT2D eigenvalue weighted by atomic mass is 9.73. The Morgan fingerprint density at radius 3 is 2.40 bits per heavy atom. The van der Waals surface area contributed by atoms with Crippen LogP contribution in [-0.2, 0) is 5.54 Å². The Labute approximate surface area is 150 Å². The highest BCUT2D eigenvalue weighted by atomic mass is 15.1. The number of rotatable bonds is 2. The lowest BCUT2D eigenvalue weighted by Gasteiger charge is -2.36. The van der Waals surface area contributed by atoms with E-state index in [0.717, 1.165) is 12.8 Å². The number of hydrogen-bond acceptors (Lipinski definition) is 0. The van der Waals surface area contributed by atoms with E-state index in [9.17, 15) is 0 Å². The van der Waals surface area contributed by atoms with E-state index in [1.807, 2.05) is 0 Å². The van der Waals surface area contributed by atoms with Crippen LogP contribution in [0.2, 0.25) is 0 Å². The predicted molar refractivity (Wildman–Crippen MR) is 107 cm³/mol. The fraction of sp³-hybridized carbons (Fsp3) is 0.292. The molecule has 0 bridgehead atoms. The van der Waals surface area contributed by atoms with Crippen LogP contribution in [0.1, 0.15) is 43.4 Å². The van der Waals surface area contributed by atoms with Crippen molar-refractivity contribution in [1.29, 1.82) is 0 Å². The van der Waals surface area contributed by atoms with E-state index in [-0.39, 0.29) is 5.54 Å². The molecular formula is C24H26N+. The van der Waals surface area contributed by atoms with E-state index in [2.05, 4.69) is 87.4 Å². The van der Waals surface area contributed by atoms with Crippen molar-refractivity contribution in [2.45, 2.75) is 46.1 Å². The Morgan fingerprint density at radius 1 is 0.960 bits per heavy atom. The summed E-state index contributed by atoms with van der Waals surface area (Å²) >= 11 is 0. The quantitative estimate of drug-likeness (QED) is 0.512. The van der Waals surface area contributed by atoms with E-state index in [1.165, 1.54) is 44.4 Å². The van der Waals surface area contributed by atoms with Crippen molar-refractivity contribution in [2.24, 2.45) is 0 Å². The fourth-order valence-electron chi connectivity index (χ4n) is 4.81. The van der Waals surface area contributed by atoms with Crippen molar-refractivity contribution in [3.63, 3.8) is 0 Å². The number of hydrogen-bond donors (Lipinski definition) is 0. The van der Waals surface area contributed by atoms with Crippen LogP contribution in [0, 0.1) is 13.8 Å². The van der Waals surface area contributed by atoms with Gasteiger partial charge in [0.15, 0.2) is 5.54 Å². The van der Waals surface area contributed by atoms with Gasteiger partial charge >= 0.3 is 0 Å². The van der Waals surface area contributed by atoms with Crippen LogP contribution in [0.15, 0.2) is 55.1 Å². The first-order valence-corrected chi connectivity index (χ1v) is 9.29. The van der Waals surface area contributed by atoms with E-state index in [1.54, 1.807) is 0 Å². The van der Waals surface area contributed by atoms with Crippen molar-refractivity contribution in [3.05, 3.63) is 71.8 Å². The van der Waals surface area contributed by atoms with E-state index in [0.29, 0.717) is 0 Å². The van der Waals surface area contributed by atoms with Gasteiger partial charge in [0.2, 0.25) is 11.2 Å². The number of allylic oxidation sites excluding steroid dienone is 1. The summed E-state index contributed by atoms with van der Waals surface area (Å²) in [5.74, 6) is 0. The Bertz CT molecular complexity index is 1010. The van der Waals surface area contributed by atoms with Gasteiger partial charge in [-0.15, -0.1) is 0 Å². The Hall–Kier alpha value is -2.41. The SMILES string of the molecule is C=C1c2c(C)cc(C)cc2-c2ccc3ccccc3[n+]2C1(CC)CC.